The van der Waals surface area contributed by atoms with Crippen molar-refractivity contribution >= 4 is 11.7 Å². The van der Waals surface area contributed by atoms with E-state index in [1.165, 1.54) is 18.4 Å². The van der Waals surface area contributed by atoms with Gasteiger partial charge < -0.3 is 15.7 Å². The molecule has 2 amide bonds. The summed E-state index contributed by atoms with van der Waals surface area (Å²) >= 11 is 0. The van der Waals surface area contributed by atoms with E-state index in [1.54, 1.807) is 13.8 Å². The lowest BCUT2D eigenvalue weighted by atomic mass is 10.1. The van der Waals surface area contributed by atoms with Crippen molar-refractivity contribution in [2.45, 2.75) is 45.6 Å². The Bertz CT molecular complexity index is 399. The topological polar surface area (TPSA) is 61.4 Å². The largest absolute Gasteiger partial charge is 0.394 e. The van der Waals surface area contributed by atoms with E-state index >= 15 is 0 Å². The molecule has 0 atom stereocenters. The Balaban J connectivity index is 2.51. The maximum absolute atomic E-state index is 11.7. The van der Waals surface area contributed by atoms with Crippen molar-refractivity contribution in [1.29, 1.82) is 0 Å². The monoisotopic (exact) mass is 264 g/mol. The number of nitrogens with one attached hydrogen (secondary N) is 2. The molecule has 1 rings (SSSR count). The van der Waals surface area contributed by atoms with Crippen LogP contribution >= 0.6 is 0 Å². The van der Waals surface area contributed by atoms with Crippen LogP contribution in [0.15, 0.2) is 24.3 Å². The number of benzene rings is 1. The Labute approximate surface area is 115 Å². The van der Waals surface area contributed by atoms with Gasteiger partial charge in [-0.2, -0.15) is 0 Å². The van der Waals surface area contributed by atoms with Crippen LogP contribution in [0.1, 0.15) is 39.2 Å². The zero-order valence-electron chi connectivity index (χ0n) is 12.0. The van der Waals surface area contributed by atoms with Crippen molar-refractivity contribution in [2.24, 2.45) is 0 Å². The van der Waals surface area contributed by atoms with Crippen molar-refractivity contribution in [3.8, 4) is 0 Å². The van der Waals surface area contributed by atoms with E-state index in [0.717, 1.165) is 12.1 Å². The number of carbonyl (C=O) groups excluding carboxylic acids is 1. The van der Waals surface area contributed by atoms with Gasteiger partial charge in [0.1, 0.15) is 0 Å². The first kappa shape index (κ1) is 15.5. The fourth-order valence-corrected chi connectivity index (χ4v) is 1.64. The van der Waals surface area contributed by atoms with Crippen molar-refractivity contribution in [3.63, 3.8) is 0 Å². The zero-order valence-corrected chi connectivity index (χ0v) is 12.0. The SMILES string of the molecule is CCCCc1ccc(NC(=O)NC(C)(C)CO)cc1. The summed E-state index contributed by atoms with van der Waals surface area (Å²) in [7, 11) is 0. The van der Waals surface area contributed by atoms with Gasteiger partial charge in [0.2, 0.25) is 0 Å². The maximum Gasteiger partial charge on any atom is 0.319 e. The highest BCUT2D eigenvalue weighted by atomic mass is 16.3. The first-order valence-electron chi connectivity index (χ1n) is 6.76. The summed E-state index contributed by atoms with van der Waals surface area (Å²) < 4.78 is 0. The number of rotatable bonds is 6. The molecule has 0 aliphatic carbocycles. The zero-order chi connectivity index (χ0) is 14.3. The van der Waals surface area contributed by atoms with E-state index in [0.29, 0.717) is 0 Å². The molecule has 0 spiro atoms. The van der Waals surface area contributed by atoms with Crippen molar-refractivity contribution < 1.29 is 9.90 Å². The van der Waals surface area contributed by atoms with Gasteiger partial charge in [0.05, 0.1) is 12.1 Å². The number of anilines is 1. The number of aryl methyl sites for hydroxylation is 1. The molecule has 4 heteroatoms. The minimum absolute atomic E-state index is 0.101. The Morgan fingerprint density at radius 1 is 1.26 bits per heavy atom. The summed E-state index contributed by atoms with van der Waals surface area (Å²) in [6, 6.07) is 7.55. The predicted molar refractivity (Wildman–Crippen MR) is 78.4 cm³/mol. The van der Waals surface area contributed by atoms with Crippen LogP contribution in [0.25, 0.3) is 0 Å². The lowest BCUT2D eigenvalue weighted by Gasteiger charge is -2.23. The van der Waals surface area contributed by atoms with Gasteiger partial charge in [0, 0.05) is 5.69 Å². The van der Waals surface area contributed by atoms with E-state index in [2.05, 4.69) is 17.6 Å². The van der Waals surface area contributed by atoms with Gasteiger partial charge in [0.15, 0.2) is 0 Å². The second kappa shape index (κ2) is 7.14. The van der Waals surface area contributed by atoms with E-state index in [1.807, 2.05) is 24.3 Å². The lowest BCUT2D eigenvalue weighted by molar-refractivity contribution is 0.187. The number of carbonyl (C=O) groups is 1. The molecule has 0 saturated carbocycles. The van der Waals surface area contributed by atoms with Crippen LogP contribution in [-0.2, 0) is 6.42 Å². The molecule has 4 nitrogen and oxygen atoms in total. The van der Waals surface area contributed by atoms with Crippen LogP contribution in [-0.4, -0.2) is 23.3 Å². The smallest absolute Gasteiger partial charge is 0.319 e. The highest BCUT2D eigenvalue weighted by Crippen LogP contribution is 2.12. The van der Waals surface area contributed by atoms with Crippen LogP contribution in [0.4, 0.5) is 10.5 Å². The lowest BCUT2D eigenvalue weighted by Crippen LogP contribution is -2.48. The summed E-state index contributed by atoms with van der Waals surface area (Å²) in [4.78, 5) is 11.7. The third kappa shape index (κ3) is 5.75. The molecule has 1 aromatic carbocycles. The van der Waals surface area contributed by atoms with E-state index in [9.17, 15) is 4.79 Å². The molecule has 106 valence electrons. The number of hydrogen-bond acceptors (Lipinski definition) is 2. The van der Waals surface area contributed by atoms with Gasteiger partial charge in [0.25, 0.3) is 0 Å². The van der Waals surface area contributed by atoms with Gasteiger partial charge in [-0.1, -0.05) is 25.5 Å². The summed E-state index contributed by atoms with van der Waals surface area (Å²) in [5.74, 6) is 0. The molecule has 0 aromatic heterocycles. The highest BCUT2D eigenvalue weighted by Gasteiger charge is 2.18. The molecule has 0 aliphatic heterocycles. The van der Waals surface area contributed by atoms with Crippen LogP contribution in [0.2, 0.25) is 0 Å². The van der Waals surface area contributed by atoms with Crippen LogP contribution in [0.3, 0.4) is 0 Å². The summed E-state index contributed by atoms with van der Waals surface area (Å²) in [5, 5.41) is 14.5. The van der Waals surface area contributed by atoms with Crippen molar-refractivity contribution in [3.05, 3.63) is 29.8 Å². The first-order chi connectivity index (χ1) is 8.96. The fraction of sp³-hybridized carbons (Fsp3) is 0.533. The number of unbranched alkanes of at least 4 members (excludes halogenated alkanes) is 1. The summed E-state index contributed by atoms with van der Waals surface area (Å²) in [6.45, 7) is 5.60. The van der Waals surface area contributed by atoms with E-state index < -0.39 is 5.54 Å². The second-order valence-electron chi connectivity index (χ2n) is 5.42. The number of hydrogen-bond donors (Lipinski definition) is 3. The van der Waals surface area contributed by atoms with Gasteiger partial charge in [-0.05, 0) is 44.4 Å². The number of aliphatic hydroxyl groups is 1. The van der Waals surface area contributed by atoms with Gasteiger partial charge >= 0.3 is 6.03 Å². The Hall–Kier alpha value is -1.55. The van der Waals surface area contributed by atoms with Crippen LogP contribution in [0, 0.1) is 0 Å². The van der Waals surface area contributed by atoms with Crippen LogP contribution in [0.5, 0.6) is 0 Å². The molecule has 0 saturated heterocycles. The van der Waals surface area contributed by atoms with E-state index in [-0.39, 0.29) is 12.6 Å². The third-order valence-electron chi connectivity index (χ3n) is 2.88. The molecular weight excluding hydrogens is 240 g/mol. The molecule has 3 N–H and O–H groups in total. The Kier molecular flexibility index (Phi) is 5.83. The Morgan fingerprint density at radius 2 is 1.89 bits per heavy atom. The Morgan fingerprint density at radius 3 is 2.42 bits per heavy atom. The normalized spacial score (nSPS) is 11.2. The van der Waals surface area contributed by atoms with Gasteiger partial charge in [-0.3, -0.25) is 0 Å². The second-order valence-corrected chi connectivity index (χ2v) is 5.42. The molecule has 0 unspecified atom stereocenters. The molecule has 1 aromatic rings. The fourth-order valence-electron chi connectivity index (χ4n) is 1.64. The molecule has 0 heterocycles. The highest BCUT2D eigenvalue weighted by molar-refractivity contribution is 5.89. The number of urea groups is 1. The average Bonchev–Trinajstić information content (AvgIpc) is 2.37. The van der Waals surface area contributed by atoms with Crippen LogP contribution < -0.4 is 10.6 Å². The standard InChI is InChI=1S/C15H24N2O2/c1-4-5-6-12-7-9-13(10-8-12)16-14(19)17-15(2,3)11-18/h7-10,18H,4-6,11H2,1-3H3,(H2,16,17,19). The third-order valence-corrected chi connectivity index (χ3v) is 2.88. The predicted octanol–water partition coefficient (Wildman–Crippen LogP) is 2.92. The minimum atomic E-state index is -0.620. The van der Waals surface area contributed by atoms with E-state index in [4.69, 9.17) is 5.11 Å². The maximum atomic E-state index is 11.7. The molecule has 0 fully saturated rings. The van der Waals surface area contributed by atoms with Crippen molar-refractivity contribution in [2.75, 3.05) is 11.9 Å². The number of aliphatic hydroxyl groups excluding tert-OH is 1. The summed E-state index contributed by atoms with van der Waals surface area (Å²) in [5.41, 5.74) is 1.42. The molecule has 0 aliphatic rings. The molecular formula is C15H24N2O2. The van der Waals surface area contributed by atoms with Crippen molar-refractivity contribution in [1.82, 2.24) is 5.32 Å². The molecule has 19 heavy (non-hydrogen) atoms. The minimum Gasteiger partial charge on any atom is -0.394 e. The van der Waals surface area contributed by atoms with Gasteiger partial charge in [-0.25, -0.2) is 4.79 Å². The molecule has 0 radical (unpaired) electrons. The van der Waals surface area contributed by atoms with Gasteiger partial charge in [-0.15, -0.1) is 0 Å². The summed E-state index contributed by atoms with van der Waals surface area (Å²) in [6.07, 6.45) is 3.43. The molecule has 0 bridgehead atoms. The quantitative estimate of drug-likeness (QED) is 0.740. The number of amides is 2. The first-order valence-corrected chi connectivity index (χ1v) is 6.76. The average molecular weight is 264 g/mol.